The SMILES string of the molecule is Cc1ccccc1-n1nc(SCC(=O)N(C)C2CCCCC2)sc1=S. The third-order valence-corrected chi connectivity index (χ3v) is 7.06. The van der Waals surface area contributed by atoms with Crippen LogP contribution in [0.1, 0.15) is 37.7 Å². The number of aryl methyl sites for hydroxylation is 1. The molecule has 0 N–H and O–H groups in total. The molecular weight excluding hydrogens is 370 g/mol. The fourth-order valence-electron chi connectivity index (χ4n) is 3.17. The second kappa shape index (κ2) is 8.47. The number of aromatic nitrogens is 2. The summed E-state index contributed by atoms with van der Waals surface area (Å²) in [4.78, 5) is 14.4. The van der Waals surface area contributed by atoms with E-state index in [0.29, 0.717) is 15.7 Å². The molecule has 1 amide bonds. The van der Waals surface area contributed by atoms with E-state index < -0.39 is 0 Å². The van der Waals surface area contributed by atoms with E-state index in [0.717, 1.165) is 28.4 Å². The Morgan fingerprint density at radius 1 is 1.36 bits per heavy atom. The van der Waals surface area contributed by atoms with Crippen LogP contribution in [0.4, 0.5) is 0 Å². The zero-order valence-corrected chi connectivity index (χ0v) is 17.1. The third-order valence-electron chi connectivity index (χ3n) is 4.71. The molecule has 0 saturated heterocycles. The summed E-state index contributed by atoms with van der Waals surface area (Å²) in [5.74, 6) is 0.601. The molecule has 1 aliphatic rings. The Morgan fingerprint density at radius 2 is 2.08 bits per heavy atom. The van der Waals surface area contributed by atoms with E-state index in [2.05, 4.69) is 5.10 Å². The maximum atomic E-state index is 12.5. The molecule has 1 saturated carbocycles. The number of hydrogen-bond donors (Lipinski definition) is 0. The van der Waals surface area contributed by atoms with Gasteiger partial charge in [-0.1, -0.05) is 60.6 Å². The van der Waals surface area contributed by atoms with Crippen LogP contribution in [0, 0.1) is 10.9 Å². The third kappa shape index (κ3) is 4.51. The van der Waals surface area contributed by atoms with Crippen molar-refractivity contribution in [3.05, 3.63) is 33.8 Å². The highest BCUT2D eigenvalue weighted by atomic mass is 32.2. The van der Waals surface area contributed by atoms with Crippen LogP contribution in [0.3, 0.4) is 0 Å². The van der Waals surface area contributed by atoms with Crippen LogP contribution < -0.4 is 0 Å². The van der Waals surface area contributed by atoms with E-state index in [4.69, 9.17) is 12.2 Å². The van der Waals surface area contributed by atoms with Crippen molar-refractivity contribution in [3.8, 4) is 5.69 Å². The molecule has 7 heteroatoms. The molecule has 4 nitrogen and oxygen atoms in total. The fourth-order valence-corrected chi connectivity index (χ4v) is 5.44. The largest absolute Gasteiger partial charge is 0.342 e. The minimum Gasteiger partial charge on any atom is -0.342 e. The predicted octanol–water partition coefficient (Wildman–Crippen LogP) is 4.85. The average molecular weight is 394 g/mol. The van der Waals surface area contributed by atoms with Crippen LogP contribution in [0.5, 0.6) is 0 Å². The average Bonchev–Trinajstić information content (AvgIpc) is 3.00. The van der Waals surface area contributed by atoms with Crippen molar-refractivity contribution in [2.24, 2.45) is 0 Å². The van der Waals surface area contributed by atoms with E-state index >= 15 is 0 Å². The minimum absolute atomic E-state index is 0.181. The lowest BCUT2D eigenvalue weighted by Crippen LogP contribution is -2.39. The van der Waals surface area contributed by atoms with Gasteiger partial charge in [0.25, 0.3) is 0 Å². The van der Waals surface area contributed by atoms with Crippen LogP contribution in [0.2, 0.25) is 0 Å². The number of thioether (sulfide) groups is 1. The summed E-state index contributed by atoms with van der Waals surface area (Å²) in [5.41, 5.74) is 2.13. The van der Waals surface area contributed by atoms with Crippen LogP contribution in [-0.2, 0) is 4.79 Å². The lowest BCUT2D eigenvalue weighted by Gasteiger charge is -2.31. The maximum absolute atomic E-state index is 12.5. The van der Waals surface area contributed by atoms with Crippen LogP contribution in [0.25, 0.3) is 5.69 Å². The van der Waals surface area contributed by atoms with E-state index in [1.807, 2.05) is 43.1 Å². The van der Waals surface area contributed by atoms with E-state index in [1.165, 1.54) is 42.4 Å². The molecule has 1 aliphatic carbocycles. The van der Waals surface area contributed by atoms with E-state index in [-0.39, 0.29) is 5.91 Å². The number of amides is 1. The lowest BCUT2D eigenvalue weighted by atomic mass is 9.94. The number of carbonyl (C=O) groups is 1. The van der Waals surface area contributed by atoms with Gasteiger partial charge in [-0.3, -0.25) is 4.79 Å². The van der Waals surface area contributed by atoms with Gasteiger partial charge < -0.3 is 4.90 Å². The Balaban J connectivity index is 1.64. The summed E-state index contributed by atoms with van der Waals surface area (Å²) in [6.45, 7) is 2.05. The van der Waals surface area contributed by atoms with Gasteiger partial charge in [0.05, 0.1) is 11.4 Å². The molecule has 134 valence electrons. The molecular formula is C18H23N3OS3. The van der Waals surface area contributed by atoms with Gasteiger partial charge in [-0.2, -0.15) is 0 Å². The fraction of sp³-hybridized carbons (Fsp3) is 0.500. The molecule has 1 fully saturated rings. The number of para-hydroxylation sites is 1. The summed E-state index contributed by atoms with van der Waals surface area (Å²) < 4.78 is 3.36. The van der Waals surface area contributed by atoms with Crippen molar-refractivity contribution in [1.29, 1.82) is 0 Å². The Morgan fingerprint density at radius 3 is 2.80 bits per heavy atom. The van der Waals surface area contributed by atoms with Gasteiger partial charge in [0.2, 0.25) is 5.91 Å². The Bertz CT molecular complexity index is 793. The normalized spacial score (nSPS) is 15.3. The van der Waals surface area contributed by atoms with Crippen LogP contribution >= 0.6 is 35.3 Å². The summed E-state index contributed by atoms with van der Waals surface area (Å²) >= 11 is 8.41. The second-order valence-electron chi connectivity index (χ2n) is 6.42. The number of carbonyl (C=O) groups excluding carboxylic acids is 1. The van der Waals surface area contributed by atoms with Crippen LogP contribution in [-0.4, -0.2) is 39.4 Å². The molecule has 25 heavy (non-hydrogen) atoms. The van der Waals surface area contributed by atoms with Crippen molar-refractivity contribution in [2.75, 3.05) is 12.8 Å². The quantitative estimate of drug-likeness (QED) is 0.537. The molecule has 0 spiro atoms. The highest BCUT2D eigenvalue weighted by Crippen LogP contribution is 2.27. The molecule has 0 radical (unpaired) electrons. The number of nitrogens with zero attached hydrogens (tertiary/aromatic N) is 3. The van der Waals surface area contributed by atoms with Crippen LogP contribution in [0.15, 0.2) is 28.6 Å². The topological polar surface area (TPSA) is 38.1 Å². The Kier molecular flexibility index (Phi) is 6.30. The summed E-state index contributed by atoms with van der Waals surface area (Å²) in [5, 5.41) is 4.61. The van der Waals surface area contributed by atoms with Gasteiger partial charge in [0, 0.05) is 13.1 Å². The second-order valence-corrected chi connectivity index (χ2v) is 9.26. The summed E-state index contributed by atoms with van der Waals surface area (Å²) in [6.07, 6.45) is 6.03. The number of hydrogen-bond acceptors (Lipinski definition) is 5. The standard InChI is InChI=1S/C18H23N3OS3/c1-13-8-6-7-11-15(13)21-18(23)25-17(19-21)24-12-16(22)20(2)14-9-4-3-5-10-14/h6-8,11,14H,3-5,9-10,12H2,1-2H3. The highest BCUT2D eigenvalue weighted by Gasteiger charge is 2.22. The van der Waals surface area contributed by atoms with E-state index in [1.54, 1.807) is 4.68 Å². The van der Waals surface area contributed by atoms with Crippen molar-refractivity contribution in [3.63, 3.8) is 0 Å². The zero-order valence-electron chi connectivity index (χ0n) is 14.6. The van der Waals surface area contributed by atoms with Gasteiger partial charge in [0.15, 0.2) is 8.29 Å². The zero-order chi connectivity index (χ0) is 17.8. The molecule has 1 aromatic heterocycles. The van der Waals surface area contributed by atoms with Gasteiger partial charge in [-0.05, 0) is 43.6 Å². The first kappa shape index (κ1) is 18.6. The van der Waals surface area contributed by atoms with Crippen molar-refractivity contribution >= 4 is 41.2 Å². The van der Waals surface area contributed by atoms with E-state index in [9.17, 15) is 4.79 Å². The lowest BCUT2D eigenvalue weighted by molar-refractivity contribution is -0.129. The summed E-state index contributed by atoms with van der Waals surface area (Å²) in [7, 11) is 1.94. The first-order chi connectivity index (χ1) is 12.1. The summed E-state index contributed by atoms with van der Waals surface area (Å²) in [6, 6.07) is 8.46. The number of benzene rings is 1. The Hall–Kier alpha value is -1.18. The van der Waals surface area contributed by atoms with Gasteiger partial charge in [-0.15, -0.1) is 5.10 Å². The smallest absolute Gasteiger partial charge is 0.233 e. The first-order valence-electron chi connectivity index (χ1n) is 8.61. The Labute approximate surface area is 162 Å². The van der Waals surface area contributed by atoms with Gasteiger partial charge in [-0.25, -0.2) is 4.68 Å². The van der Waals surface area contributed by atoms with Crippen molar-refractivity contribution in [1.82, 2.24) is 14.7 Å². The molecule has 0 bridgehead atoms. The molecule has 2 aromatic rings. The number of rotatable bonds is 5. The van der Waals surface area contributed by atoms with Gasteiger partial charge >= 0.3 is 0 Å². The monoisotopic (exact) mass is 393 g/mol. The van der Waals surface area contributed by atoms with Crippen molar-refractivity contribution < 1.29 is 4.79 Å². The maximum Gasteiger partial charge on any atom is 0.233 e. The van der Waals surface area contributed by atoms with Gasteiger partial charge in [0.1, 0.15) is 0 Å². The van der Waals surface area contributed by atoms with Crippen molar-refractivity contribution in [2.45, 2.75) is 49.4 Å². The molecule has 0 unspecified atom stereocenters. The molecule has 1 aromatic carbocycles. The molecule has 3 rings (SSSR count). The first-order valence-corrected chi connectivity index (χ1v) is 10.8. The minimum atomic E-state index is 0.181. The predicted molar refractivity (Wildman–Crippen MR) is 107 cm³/mol. The molecule has 0 aliphatic heterocycles. The molecule has 1 heterocycles. The highest BCUT2D eigenvalue weighted by molar-refractivity contribution is 8.01. The molecule has 0 atom stereocenters.